The fraction of sp³-hybridized carbons (Fsp3) is 0.462. The Bertz CT molecular complexity index is 458. The normalized spacial score (nSPS) is 22.4. The molecule has 0 atom stereocenters. The van der Waals surface area contributed by atoms with Crippen LogP contribution in [0.5, 0.6) is 5.75 Å². The summed E-state index contributed by atoms with van der Waals surface area (Å²) in [5.74, 6) is 0.0246. The molecule has 0 unspecified atom stereocenters. The van der Waals surface area contributed by atoms with Crippen molar-refractivity contribution in [3.63, 3.8) is 0 Å². The van der Waals surface area contributed by atoms with Gasteiger partial charge < -0.3 is 15.1 Å². The summed E-state index contributed by atoms with van der Waals surface area (Å²) in [6.07, 6.45) is 1.25. The molecule has 18 heavy (non-hydrogen) atoms. The molecule has 0 spiro atoms. The molecule has 0 aromatic heterocycles. The van der Waals surface area contributed by atoms with Crippen LogP contribution in [0.2, 0.25) is 5.02 Å². The highest BCUT2D eigenvalue weighted by atomic mass is 35.5. The van der Waals surface area contributed by atoms with Gasteiger partial charge in [-0.05, 0) is 37.0 Å². The smallest absolute Gasteiger partial charge is 0.257 e. The lowest BCUT2D eigenvalue weighted by atomic mass is 9.82. The Balaban J connectivity index is 2.03. The summed E-state index contributed by atoms with van der Waals surface area (Å²) in [7, 11) is 1.69. The first-order valence-electron chi connectivity index (χ1n) is 5.89. The Morgan fingerprint density at radius 1 is 1.50 bits per heavy atom. The topological polar surface area (TPSA) is 60.8 Å². The highest BCUT2D eigenvalue weighted by Crippen LogP contribution is 2.29. The SMILES string of the molecule is CN(CC1CC(O)C1)C(=O)c1cc(Cl)ccc1O. The van der Waals surface area contributed by atoms with Crippen LogP contribution >= 0.6 is 11.6 Å². The Morgan fingerprint density at radius 2 is 2.17 bits per heavy atom. The van der Waals surface area contributed by atoms with Gasteiger partial charge in [-0.3, -0.25) is 4.79 Å². The lowest BCUT2D eigenvalue weighted by Gasteiger charge is -2.34. The summed E-state index contributed by atoms with van der Waals surface area (Å²) in [5, 5.41) is 19.3. The maximum absolute atomic E-state index is 12.1. The molecule has 0 radical (unpaired) electrons. The van der Waals surface area contributed by atoms with E-state index in [4.69, 9.17) is 11.6 Å². The third-order valence-corrected chi connectivity index (χ3v) is 3.51. The van der Waals surface area contributed by atoms with Gasteiger partial charge in [-0.1, -0.05) is 11.6 Å². The number of rotatable bonds is 3. The van der Waals surface area contributed by atoms with Gasteiger partial charge in [0.25, 0.3) is 5.91 Å². The van der Waals surface area contributed by atoms with Crippen LogP contribution in [0.25, 0.3) is 0 Å². The average Bonchev–Trinajstić information content (AvgIpc) is 2.29. The summed E-state index contributed by atoms with van der Waals surface area (Å²) in [5.41, 5.74) is 0.213. The molecular weight excluding hydrogens is 254 g/mol. The first-order valence-corrected chi connectivity index (χ1v) is 6.27. The number of carbonyl (C=O) groups excluding carboxylic acids is 1. The van der Waals surface area contributed by atoms with Gasteiger partial charge in [0.2, 0.25) is 0 Å². The maximum Gasteiger partial charge on any atom is 0.257 e. The van der Waals surface area contributed by atoms with Crippen LogP contribution < -0.4 is 0 Å². The number of aliphatic hydroxyl groups excluding tert-OH is 1. The average molecular weight is 270 g/mol. The molecule has 98 valence electrons. The van der Waals surface area contributed by atoms with Crippen molar-refractivity contribution in [2.24, 2.45) is 5.92 Å². The number of hydrogen-bond donors (Lipinski definition) is 2. The van der Waals surface area contributed by atoms with Gasteiger partial charge in [-0.15, -0.1) is 0 Å². The van der Waals surface area contributed by atoms with Crippen molar-refractivity contribution in [2.75, 3.05) is 13.6 Å². The Morgan fingerprint density at radius 3 is 2.78 bits per heavy atom. The van der Waals surface area contributed by atoms with E-state index in [0.29, 0.717) is 17.5 Å². The lowest BCUT2D eigenvalue weighted by Crippen LogP contribution is -2.39. The van der Waals surface area contributed by atoms with E-state index in [1.807, 2.05) is 0 Å². The van der Waals surface area contributed by atoms with Crippen LogP contribution in [0.1, 0.15) is 23.2 Å². The molecule has 2 N–H and O–H groups in total. The van der Waals surface area contributed by atoms with E-state index in [9.17, 15) is 15.0 Å². The first kappa shape index (κ1) is 13.2. The fourth-order valence-electron chi connectivity index (χ4n) is 2.20. The number of amides is 1. The van der Waals surface area contributed by atoms with E-state index in [2.05, 4.69) is 0 Å². The highest BCUT2D eigenvalue weighted by Gasteiger charge is 2.29. The molecule has 1 amide bonds. The number of carbonyl (C=O) groups is 1. The molecule has 0 saturated heterocycles. The molecule has 0 bridgehead atoms. The molecule has 5 heteroatoms. The number of benzene rings is 1. The number of halogens is 1. The largest absolute Gasteiger partial charge is 0.507 e. The van der Waals surface area contributed by atoms with Crippen molar-refractivity contribution in [1.29, 1.82) is 0 Å². The number of phenolic OH excluding ortho intramolecular Hbond substituents is 1. The molecule has 1 aromatic carbocycles. The van der Waals surface area contributed by atoms with Crippen molar-refractivity contribution in [1.82, 2.24) is 4.90 Å². The molecule has 0 heterocycles. The van der Waals surface area contributed by atoms with E-state index >= 15 is 0 Å². The summed E-state index contributed by atoms with van der Waals surface area (Å²) >= 11 is 5.81. The van der Waals surface area contributed by atoms with E-state index in [0.717, 1.165) is 12.8 Å². The molecule has 4 nitrogen and oxygen atoms in total. The molecule has 2 rings (SSSR count). The monoisotopic (exact) mass is 269 g/mol. The van der Waals surface area contributed by atoms with E-state index in [-0.39, 0.29) is 23.3 Å². The van der Waals surface area contributed by atoms with Gasteiger partial charge in [0.05, 0.1) is 11.7 Å². The minimum absolute atomic E-state index is 0.0649. The zero-order chi connectivity index (χ0) is 13.3. The second-order valence-electron chi connectivity index (χ2n) is 4.84. The second-order valence-corrected chi connectivity index (χ2v) is 5.27. The summed E-state index contributed by atoms with van der Waals surface area (Å²) in [6.45, 7) is 0.585. The van der Waals surface area contributed by atoms with Crippen molar-refractivity contribution in [3.8, 4) is 5.75 Å². The highest BCUT2D eigenvalue weighted by molar-refractivity contribution is 6.31. The first-order chi connectivity index (χ1) is 8.47. The van der Waals surface area contributed by atoms with Crippen LogP contribution in [-0.4, -0.2) is 40.7 Å². The Hall–Kier alpha value is -1.26. The molecule has 1 aliphatic carbocycles. The van der Waals surface area contributed by atoms with Crippen LogP contribution in [-0.2, 0) is 0 Å². The fourth-order valence-corrected chi connectivity index (χ4v) is 2.38. The van der Waals surface area contributed by atoms with E-state index in [1.165, 1.54) is 18.2 Å². The molecule has 1 aliphatic rings. The number of aromatic hydroxyl groups is 1. The number of aliphatic hydroxyl groups is 1. The van der Waals surface area contributed by atoms with Crippen LogP contribution in [0.15, 0.2) is 18.2 Å². The van der Waals surface area contributed by atoms with Crippen LogP contribution in [0, 0.1) is 5.92 Å². The summed E-state index contributed by atoms with van der Waals surface area (Å²) in [4.78, 5) is 13.7. The zero-order valence-corrected chi connectivity index (χ0v) is 10.9. The maximum atomic E-state index is 12.1. The van der Waals surface area contributed by atoms with Crippen LogP contribution in [0.3, 0.4) is 0 Å². The standard InChI is InChI=1S/C13H16ClNO3/c1-15(7-8-4-10(16)5-8)13(18)11-6-9(14)2-3-12(11)17/h2-3,6,8,10,16-17H,4-5,7H2,1H3. The summed E-state index contributed by atoms with van der Waals surface area (Å²) in [6, 6.07) is 4.41. The van der Waals surface area contributed by atoms with Crippen molar-refractivity contribution < 1.29 is 15.0 Å². The van der Waals surface area contributed by atoms with Gasteiger partial charge in [0.15, 0.2) is 0 Å². The Kier molecular flexibility index (Phi) is 3.78. The predicted octanol–water partition coefficient (Wildman–Crippen LogP) is 1.89. The predicted molar refractivity (Wildman–Crippen MR) is 68.8 cm³/mol. The quantitative estimate of drug-likeness (QED) is 0.881. The number of phenols is 1. The van der Waals surface area contributed by atoms with Crippen molar-refractivity contribution in [2.45, 2.75) is 18.9 Å². The molecule has 0 aliphatic heterocycles. The van der Waals surface area contributed by atoms with E-state index in [1.54, 1.807) is 11.9 Å². The minimum atomic E-state index is -0.253. The third-order valence-electron chi connectivity index (χ3n) is 3.28. The Labute approximate surface area is 111 Å². The number of hydrogen-bond acceptors (Lipinski definition) is 3. The van der Waals surface area contributed by atoms with Crippen molar-refractivity contribution in [3.05, 3.63) is 28.8 Å². The number of nitrogens with zero attached hydrogens (tertiary/aromatic N) is 1. The van der Waals surface area contributed by atoms with Gasteiger partial charge in [-0.25, -0.2) is 0 Å². The van der Waals surface area contributed by atoms with Gasteiger partial charge >= 0.3 is 0 Å². The van der Waals surface area contributed by atoms with Crippen molar-refractivity contribution >= 4 is 17.5 Å². The zero-order valence-electron chi connectivity index (χ0n) is 10.1. The lowest BCUT2D eigenvalue weighted by molar-refractivity contribution is 0.0264. The molecule has 1 fully saturated rings. The third kappa shape index (κ3) is 2.76. The van der Waals surface area contributed by atoms with Gasteiger partial charge in [0.1, 0.15) is 5.75 Å². The molecule has 1 aromatic rings. The minimum Gasteiger partial charge on any atom is -0.507 e. The van der Waals surface area contributed by atoms with Gasteiger partial charge in [-0.2, -0.15) is 0 Å². The van der Waals surface area contributed by atoms with E-state index < -0.39 is 0 Å². The molecular formula is C13H16ClNO3. The van der Waals surface area contributed by atoms with Gasteiger partial charge in [0, 0.05) is 18.6 Å². The van der Waals surface area contributed by atoms with Crippen LogP contribution in [0.4, 0.5) is 0 Å². The summed E-state index contributed by atoms with van der Waals surface area (Å²) < 4.78 is 0. The second kappa shape index (κ2) is 5.16. The molecule has 1 saturated carbocycles.